The van der Waals surface area contributed by atoms with E-state index in [2.05, 4.69) is 10.0 Å². The van der Waals surface area contributed by atoms with Crippen LogP contribution in [0.2, 0.25) is 0 Å². The van der Waals surface area contributed by atoms with Crippen LogP contribution in [0.4, 0.5) is 11.4 Å². The number of anilines is 2. The summed E-state index contributed by atoms with van der Waals surface area (Å²) in [4.78, 5) is 13.7. The number of para-hydroxylation sites is 1. The number of amides is 1. The maximum atomic E-state index is 12.6. The molecule has 3 aromatic rings. The second kappa shape index (κ2) is 8.50. The maximum absolute atomic E-state index is 12.6. The Labute approximate surface area is 169 Å². The summed E-state index contributed by atoms with van der Waals surface area (Å²) in [6, 6.07) is 20.5. The molecule has 0 spiro atoms. The summed E-state index contributed by atoms with van der Waals surface area (Å²) >= 11 is 1.54. The first-order valence-electron chi connectivity index (χ1n) is 8.53. The van der Waals surface area contributed by atoms with E-state index in [0.29, 0.717) is 16.9 Å². The molecule has 0 unspecified atom stereocenters. The summed E-state index contributed by atoms with van der Waals surface area (Å²) < 4.78 is 27.6. The van der Waals surface area contributed by atoms with E-state index in [1.807, 2.05) is 37.4 Å². The van der Waals surface area contributed by atoms with Gasteiger partial charge >= 0.3 is 0 Å². The largest absolute Gasteiger partial charge is 0.321 e. The van der Waals surface area contributed by atoms with Crippen LogP contribution in [0.5, 0.6) is 0 Å². The van der Waals surface area contributed by atoms with Crippen LogP contribution in [0.15, 0.2) is 82.6 Å². The van der Waals surface area contributed by atoms with E-state index in [9.17, 15) is 13.2 Å². The molecule has 0 bridgehead atoms. The number of thioether (sulfide) groups is 1. The van der Waals surface area contributed by atoms with Gasteiger partial charge in [-0.05, 0) is 55.6 Å². The van der Waals surface area contributed by atoms with Crippen LogP contribution in [-0.2, 0) is 10.0 Å². The third kappa shape index (κ3) is 4.74. The molecular formula is C21H20N2O3S2. The van der Waals surface area contributed by atoms with E-state index in [4.69, 9.17) is 0 Å². The Morgan fingerprint density at radius 3 is 2.36 bits per heavy atom. The molecule has 0 aromatic heterocycles. The minimum Gasteiger partial charge on any atom is -0.321 e. The zero-order valence-corrected chi connectivity index (χ0v) is 17.1. The van der Waals surface area contributed by atoms with Crippen molar-refractivity contribution in [2.75, 3.05) is 16.3 Å². The van der Waals surface area contributed by atoms with Gasteiger partial charge in [0.25, 0.3) is 15.9 Å². The van der Waals surface area contributed by atoms with Gasteiger partial charge < -0.3 is 5.32 Å². The fraction of sp³-hybridized carbons (Fsp3) is 0.0952. The Bertz CT molecular complexity index is 1090. The van der Waals surface area contributed by atoms with E-state index in [0.717, 1.165) is 10.5 Å². The monoisotopic (exact) mass is 412 g/mol. The van der Waals surface area contributed by atoms with Crippen molar-refractivity contribution in [3.63, 3.8) is 0 Å². The van der Waals surface area contributed by atoms with Crippen LogP contribution in [0, 0.1) is 6.92 Å². The summed E-state index contributed by atoms with van der Waals surface area (Å²) in [5.74, 6) is -0.308. The number of aryl methyl sites for hydroxylation is 1. The van der Waals surface area contributed by atoms with Gasteiger partial charge in [0.05, 0.1) is 10.6 Å². The topological polar surface area (TPSA) is 75.3 Å². The molecule has 0 saturated heterocycles. The highest BCUT2D eigenvalue weighted by molar-refractivity contribution is 7.98. The molecule has 0 aliphatic carbocycles. The van der Waals surface area contributed by atoms with Crippen molar-refractivity contribution < 1.29 is 13.2 Å². The first kappa shape index (κ1) is 20.0. The molecule has 144 valence electrons. The zero-order valence-electron chi connectivity index (χ0n) is 15.5. The lowest BCUT2D eigenvalue weighted by atomic mass is 10.2. The number of nitrogens with one attached hydrogen (secondary N) is 2. The average molecular weight is 413 g/mol. The molecule has 1 amide bonds. The third-order valence-electron chi connectivity index (χ3n) is 4.06. The van der Waals surface area contributed by atoms with E-state index in [1.165, 1.54) is 17.8 Å². The molecule has 0 atom stereocenters. The van der Waals surface area contributed by atoms with Gasteiger partial charge in [0.2, 0.25) is 0 Å². The van der Waals surface area contributed by atoms with Crippen molar-refractivity contribution >= 4 is 39.1 Å². The van der Waals surface area contributed by atoms with Crippen molar-refractivity contribution in [3.05, 3.63) is 83.9 Å². The van der Waals surface area contributed by atoms with Gasteiger partial charge in [0.15, 0.2) is 0 Å². The van der Waals surface area contributed by atoms with Crippen LogP contribution in [0.25, 0.3) is 0 Å². The van der Waals surface area contributed by atoms with E-state index in [1.54, 1.807) is 42.5 Å². The van der Waals surface area contributed by atoms with Gasteiger partial charge in [-0.1, -0.05) is 35.9 Å². The molecule has 0 fully saturated rings. The highest BCUT2D eigenvalue weighted by Gasteiger charge is 2.15. The number of sulfonamides is 1. The summed E-state index contributed by atoms with van der Waals surface area (Å²) in [7, 11) is -3.73. The molecule has 2 N–H and O–H groups in total. The number of hydrogen-bond donors (Lipinski definition) is 2. The fourth-order valence-corrected chi connectivity index (χ4v) is 4.20. The van der Waals surface area contributed by atoms with E-state index in [-0.39, 0.29) is 10.8 Å². The molecule has 0 radical (unpaired) electrons. The van der Waals surface area contributed by atoms with Gasteiger partial charge in [-0.2, -0.15) is 0 Å². The van der Waals surface area contributed by atoms with Crippen LogP contribution >= 0.6 is 11.8 Å². The molecule has 0 aliphatic rings. The van der Waals surface area contributed by atoms with Crippen molar-refractivity contribution in [3.8, 4) is 0 Å². The normalized spacial score (nSPS) is 11.1. The molecule has 0 saturated carbocycles. The summed E-state index contributed by atoms with van der Waals surface area (Å²) in [6.45, 7) is 1.89. The average Bonchev–Trinajstić information content (AvgIpc) is 2.68. The SMILES string of the molecule is CSc1ccccc1NC(=O)c1cccc(NS(=O)(=O)c2ccc(C)cc2)c1. The van der Waals surface area contributed by atoms with E-state index >= 15 is 0 Å². The van der Waals surface area contributed by atoms with Crippen LogP contribution in [0.1, 0.15) is 15.9 Å². The van der Waals surface area contributed by atoms with Gasteiger partial charge in [0, 0.05) is 16.1 Å². The highest BCUT2D eigenvalue weighted by atomic mass is 32.2. The Hall–Kier alpha value is -2.77. The second-order valence-electron chi connectivity index (χ2n) is 6.15. The molecule has 3 aromatic carbocycles. The maximum Gasteiger partial charge on any atom is 0.261 e. The second-order valence-corrected chi connectivity index (χ2v) is 8.68. The lowest BCUT2D eigenvalue weighted by molar-refractivity contribution is 0.102. The van der Waals surface area contributed by atoms with Crippen LogP contribution in [0.3, 0.4) is 0 Å². The minimum atomic E-state index is -3.73. The molecule has 7 heteroatoms. The van der Waals surface area contributed by atoms with Gasteiger partial charge in [-0.3, -0.25) is 9.52 Å². The molecule has 5 nitrogen and oxygen atoms in total. The number of carbonyl (C=O) groups is 1. The first-order valence-corrected chi connectivity index (χ1v) is 11.2. The van der Waals surface area contributed by atoms with Crippen molar-refractivity contribution in [1.82, 2.24) is 0 Å². The predicted octanol–water partition coefficient (Wildman–Crippen LogP) is 4.77. The zero-order chi connectivity index (χ0) is 20.1. The van der Waals surface area contributed by atoms with E-state index < -0.39 is 10.0 Å². The first-order chi connectivity index (χ1) is 13.4. The number of benzene rings is 3. The quantitative estimate of drug-likeness (QED) is 0.572. The van der Waals surface area contributed by atoms with Gasteiger partial charge in [0.1, 0.15) is 0 Å². The van der Waals surface area contributed by atoms with Crippen molar-refractivity contribution in [2.24, 2.45) is 0 Å². The Morgan fingerprint density at radius 2 is 1.64 bits per heavy atom. The fourth-order valence-electron chi connectivity index (χ4n) is 2.60. The van der Waals surface area contributed by atoms with Crippen LogP contribution < -0.4 is 10.0 Å². The molecular weight excluding hydrogens is 392 g/mol. The Kier molecular flexibility index (Phi) is 6.06. The molecule has 0 heterocycles. The molecule has 3 rings (SSSR count). The summed E-state index contributed by atoms with van der Waals surface area (Å²) in [6.07, 6.45) is 1.94. The van der Waals surface area contributed by atoms with Crippen LogP contribution in [-0.4, -0.2) is 20.6 Å². The predicted molar refractivity (Wildman–Crippen MR) is 115 cm³/mol. The summed E-state index contributed by atoms with van der Waals surface area (Å²) in [5, 5.41) is 2.87. The minimum absolute atomic E-state index is 0.168. The van der Waals surface area contributed by atoms with Crippen molar-refractivity contribution in [2.45, 2.75) is 16.7 Å². The number of carbonyl (C=O) groups excluding carboxylic acids is 1. The molecule has 28 heavy (non-hydrogen) atoms. The lowest BCUT2D eigenvalue weighted by Gasteiger charge is -2.11. The summed E-state index contributed by atoms with van der Waals surface area (Å²) in [5.41, 5.74) is 2.38. The number of hydrogen-bond acceptors (Lipinski definition) is 4. The van der Waals surface area contributed by atoms with Gasteiger partial charge in [-0.15, -0.1) is 11.8 Å². The third-order valence-corrected chi connectivity index (χ3v) is 6.26. The standard InChI is InChI=1S/C21H20N2O3S2/c1-15-10-12-18(13-11-15)28(25,26)23-17-7-5-6-16(14-17)21(24)22-19-8-3-4-9-20(19)27-2/h3-14,23H,1-2H3,(H,22,24). The smallest absolute Gasteiger partial charge is 0.261 e. The Morgan fingerprint density at radius 1 is 0.929 bits per heavy atom. The number of rotatable bonds is 6. The lowest BCUT2D eigenvalue weighted by Crippen LogP contribution is -2.15. The molecule has 0 aliphatic heterocycles. The van der Waals surface area contributed by atoms with Gasteiger partial charge in [-0.25, -0.2) is 8.42 Å². The Balaban J connectivity index is 1.80. The highest BCUT2D eigenvalue weighted by Crippen LogP contribution is 2.25. The van der Waals surface area contributed by atoms with Crippen molar-refractivity contribution in [1.29, 1.82) is 0 Å².